The quantitative estimate of drug-likeness (QED) is 0.460. The molecule has 0 aliphatic rings. The second kappa shape index (κ2) is 6.82. The number of hydrogen-bond acceptors (Lipinski definition) is 5. The molecular formula is C13H14ClNO3S. The summed E-state index contributed by atoms with van der Waals surface area (Å²) in [6.45, 7) is 2.23. The number of esters is 1. The van der Waals surface area contributed by atoms with Crippen LogP contribution in [0.1, 0.15) is 19.8 Å². The molecule has 0 N–H and O–H groups in total. The Morgan fingerprint density at radius 1 is 1.53 bits per heavy atom. The Hall–Kier alpha value is -1.20. The molecule has 0 atom stereocenters. The Kier molecular flexibility index (Phi) is 5.10. The molecule has 0 bridgehead atoms. The lowest BCUT2D eigenvalue weighted by molar-refractivity contribution is -0.143. The zero-order chi connectivity index (χ0) is 13.7. The number of ether oxygens (including phenoxy) is 1. The van der Waals surface area contributed by atoms with E-state index in [2.05, 4.69) is 4.98 Å². The van der Waals surface area contributed by atoms with E-state index in [1.54, 1.807) is 25.1 Å². The average molecular weight is 300 g/mol. The maximum Gasteiger partial charge on any atom is 0.305 e. The fourth-order valence-corrected chi connectivity index (χ4v) is 2.49. The van der Waals surface area contributed by atoms with E-state index in [0.29, 0.717) is 23.3 Å². The summed E-state index contributed by atoms with van der Waals surface area (Å²) in [7, 11) is 0. The number of benzene rings is 1. The Morgan fingerprint density at radius 2 is 2.37 bits per heavy atom. The summed E-state index contributed by atoms with van der Waals surface area (Å²) in [5, 5.41) is 1.24. The van der Waals surface area contributed by atoms with Crippen molar-refractivity contribution in [3.05, 3.63) is 23.2 Å². The highest BCUT2D eigenvalue weighted by Gasteiger charge is 2.07. The van der Waals surface area contributed by atoms with Gasteiger partial charge in [-0.05, 0) is 31.5 Å². The molecule has 1 aromatic heterocycles. The van der Waals surface area contributed by atoms with Gasteiger partial charge >= 0.3 is 5.97 Å². The molecule has 19 heavy (non-hydrogen) atoms. The number of nitrogens with zero attached hydrogens (tertiary/aromatic N) is 1. The first-order chi connectivity index (χ1) is 9.19. The fraction of sp³-hybridized carbons (Fsp3) is 0.385. The molecule has 0 aliphatic heterocycles. The van der Waals surface area contributed by atoms with Crippen molar-refractivity contribution in [2.75, 3.05) is 12.4 Å². The standard InChI is InChI=1S/C13H14ClNO3S/c1-2-17-12(16)4-3-7-19-13-15-10-8-9(14)5-6-11(10)18-13/h5-6,8H,2-4,7H2,1H3. The predicted octanol–water partition coefficient (Wildman–Crippen LogP) is 3.92. The van der Waals surface area contributed by atoms with Gasteiger partial charge < -0.3 is 9.15 Å². The van der Waals surface area contributed by atoms with Crippen LogP contribution < -0.4 is 0 Å². The molecule has 0 saturated carbocycles. The molecule has 2 aromatic rings. The molecule has 0 fully saturated rings. The first-order valence-electron chi connectivity index (χ1n) is 6.03. The second-order valence-electron chi connectivity index (χ2n) is 3.85. The summed E-state index contributed by atoms with van der Waals surface area (Å²) in [6, 6.07) is 5.33. The van der Waals surface area contributed by atoms with Gasteiger partial charge in [0.1, 0.15) is 5.52 Å². The molecule has 0 amide bonds. The monoisotopic (exact) mass is 299 g/mol. The fourth-order valence-electron chi connectivity index (χ4n) is 1.55. The number of aromatic nitrogens is 1. The Labute approximate surface area is 120 Å². The molecule has 0 saturated heterocycles. The van der Waals surface area contributed by atoms with Crippen molar-refractivity contribution in [2.45, 2.75) is 25.0 Å². The van der Waals surface area contributed by atoms with Crippen molar-refractivity contribution >= 4 is 40.4 Å². The van der Waals surface area contributed by atoms with Gasteiger partial charge in [-0.1, -0.05) is 23.4 Å². The second-order valence-corrected chi connectivity index (χ2v) is 5.33. The highest BCUT2D eigenvalue weighted by atomic mass is 35.5. The Morgan fingerprint density at radius 3 is 3.16 bits per heavy atom. The minimum atomic E-state index is -0.160. The molecular weight excluding hydrogens is 286 g/mol. The van der Waals surface area contributed by atoms with Crippen molar-refractivity contribution in [3.63, 3.8) is 0 Å². The lowest BCUT2D eigenvalue weighted by Crippen LogP contribution is -2.03. The van der Waals surface area contributed by atoms with Gasteiger partial charge in [0, 0.05) is 17.2 Å². The number of fused-ring (bicyclic) bond motifs is 1. The third-order valence-corrected chi connectivity index (χ3v) is 3.54. The number of thioether (sulfide) groups is 1. The zero-order valence-corrected chi connectivity index (χ0v) is 12.1. The van der Waals surface area contributed by atoms with Gasteiger partial charge in [0.05, 0.1) is 6.61 Å². The van der Waals surface area contributed by atoms with E-state index in [0.717, 1.165) is 23.3 Å². The summed E-state index contributed by atoms with van der Waals surface area (Å²) in [5.74, 6) is 0.603. The normalized spacial score (nSPS) is 10.8. The van der Waals surface area contributed by atoms with Crippen LogP contribution in [0.5, 0.6) is 0 Å². The smallest absolute Gasteiger partial charge is 0.305 e. The first kappa shape index (κ1) is 14.2. The minimum Gasteiger partial charge on any atom is -0.466 e. The number of hydrogen-bond donors (Lipinski definition) is 0. The summed E-state index contributed by atoms with van der Waals surface area (Å²) in [6.07, 6.45) is 1.16. The zero-order valence-electron chi connectivity index (χ0n) is 10.5. The average Bonchev–Trinajstić information content (AvgIpc) is 2.77. The molecule has 0 aliphatic carbocycles. The molecule has 0 radical (unpaired) electrons. The third kappa shape index (κ3) is 4.14. The third-order valence-electron chi connectivity index (χ3n) is 2.39. The van der Waals surface area contributed by atoms with Gasteiger partial charge in [0.25, 0.3) is 5.22 Å². The molecule has 0 spiro atoms. The Bertz CT molecular complexity index is 570. The van der Waals surface area contributed by atoms with E-state index in [4.69, 9.17) is 20.8 Å². The SMILES string of the molecule is CCOC(=O)CCCSc1nc2cc(Cl)ccc2o1. The van der Waals surface area contributed by atoms with Crippen molar-refractivity contribution in [2.24, 2.45) is 0 Å². The summed E-state index contributed by atoms with van der Waals surface area (Å²) >= 11 is 7.36. The van der Waals surface area contributed by atoms with E-state index in [-0.39, 0.29) is 5.97 Å². The lowest BCUT2D eigenvalue weighted by atomic mass is 10.3. The van der Waals surface area contributed by atoms with Crippen LogP contribution in [-0.4, -0.2) is 23.3 Å². The van der Waals surface area contributed by atoms with Crippen LogP contribution in [0, 0.1) is 0 Å². The van der Waals surface area contributed by atoms with Gasteiger partial charge in [-0.15, -0.1) is 0 Å². The van der Waals surface area contributed by atoms with E-state index in [1.165, 1.54) is 11.8 Å². The van der Waals surface area contributed by atoms with Crippen LogP contribution in [0.4, 0.5) is 0 Å². The van der Waals surface area contributed by atoms with Gasteiger partial charge in [0.2, 0.25) is 0 Å². The topological polar surface area (TPSA) is 52.3 Å². The summed E-state index contributed by atoms with van der Waals surface area (Å²) in [5.41, 5.74) is 1.47. The molecule has 2 rings (SSSR count). The highest BCUT2D eigenvalue weighted by molar-refractivity contribution is 7.99. The summed E-state index contributed by atoms with van der Waals surface area (Å²) in [4.78, 5) is 15.5. The van der Waals surface area contributed by atoms with Crippen molar-refractivity contribution in [1.82, 2.24) is 4.98 Å². The maximum atomic E-state index is 11.1. The predicted molar refractivity (Wildman–Crippen MR) is 75.6 cm³/mol. The highest BCUT2D eigenvalue weighted by Crippen LogP contribution is 2.26. The molecule has 6 heteroatoms. The van der Waals surface area contributed by atoms with Crippen LogP contribution in [0.15, 0.2) is 27.8 Å². The largest absolute Gasteiger partial charge is 0.466 e. The first-order valence-corrected chi connectivity index (χ1v) is 7.40. The number of carbonyl (C=O) groups is 1. The van der Waals surface area contributed by atoms with Gasteiger partial charge in [-0.25, -0.2) is 4.98 Å². The molecule has 1 aromatic carbocycles. The van der Waals surface area contributed by atoms with E-state index >= 15 is 0 Å². The van der Waals surface area contributed by atoms with Crippen LogP contribution in [0.2, 0.25) is 5.02 Å². The van der Waals surface area contributed by atoms with Crippen molar-refractivity contribution in [3.8, 4) is 0 Å². The minimum absolute atomic E-state index is 0.160. The number of oxazole rings is 1. The van der Waals surface area contributed by atoms with Crippen LogP contribution >= 0.6 is 23.4 Å². The summed E-state index contributed by atoms with van der Waals surface area (Å²) < 4.78 is 10.4. The molecule has 4 nitrogen and oxygen atoms in total. The van der Waals surface area contributed by atoms with E-state index < -0.39 is 0 Å². The number of halogens is 1. The molecule has 1 heterocycles. The number of carbonyl (C=O) groups excluding carboxylic acids is 1. The van der Waals surface area contributed by atoms with E-state index in [9.17, 15) is 4.79 Å². The molecule has 0 unspecified atom stereocenters. The van der Waals surface area contributed by atoms with Gasteiger partial charge in [0.15, 0.2) is 5.58 Å². The van der Waals surface area contributed by atoms with E-state index in [1.807, 2.05) is 0 Å². The van der Waals surface area contributed by atoms with Crippen LogP contribution in [0.25, 0.3) is 11.1 Å². The Balaban J connectivity index is 1.83. The van der Waals surface area contributed by atoms with Crippen LogP contribution in [0.3, 0.4) is 0 Å². The van der Waals surface area contributed by atoms with Crippen LogP contribution in [-0.2, 0) is 9.53 Å². The van der Waals surface area contributed by atoms with Crippen molar-refractivity contribution < 1.29 is 13.9 Å². The lowest BCUT2D eigenvalue weighted by Gasteiger charge is -1.99. The molecule has 102 valence electrons. The maximum absolute atomic E-state index is 11.1. The number of rotatable bonds is 6. The van der Waals surface area contributed by atoms with Gasteiger partial charge in [-0.2, -0.15) is 0 Å². The van der Waals surface area contributed by atoms with Crippen molar-refractivity contribution in [1.29, 1.82) is 0 Å². The van der Waals surface area contributed by atoms with Gasteiger partial charge in [-0.3, -0.25) is 4.79 Å².